The molecular weight excluding hydrogens is 182 g/mol. The summed E-state index contributed by atoms with van der Waals surface area (Å²) in [4.78, 5) is 15.1. The van der Waals surface area contributed by atoms with Crippen LogP contribution in [0.25, 0.3) is 0 Å². The predicted molar refractivity (Wildman–Crippen MR) is 52.1 cm³/mol. The van der Waals surface area contributed by atoms with E-state index in [0.717, 1.165) is 19.4 Å². The van der Waals surface area contributed by atoms with E-state index in [-0.39, 0.29) is 6.03 Å². The van der Waals surface area contributed by atoms with Crippen LogP contribution in [0.3, 0.4) is 0 Å². The lowest BCUT2D eigenvalue weighted by molar-refractivity contribution is 0.192. The minimum atomic E-state index is -0.139. The van der Waals surface area contributed by atoms with Crippen LogP contribution in [0.1, 0.15) is 12.8 Å². The summed E-state index contributed by atoms with van der Waals surface area (Å²) >= 11 is 0. The number of amides is 1. The van der Waals surface area contributed by atoms with Crippen molar-refractivity contribution in [3.8, 4) is 0 Å². The number of hydrogen-bond donors (Lipinski definition) is 1. The molecule has 14 heavy (non-hydrogen) atoms. The van der Waals surface area contributed by atoms with Gasteiger partial charge in [-0.15, -0.1) is 0 Å². The van der Waals surface area contributed by atoms with E-state index in [4.69, 9.17) is 4.74 Å². The molecule has 0 aliphatic carbocycles. The lowest BCUT2D eigenvalue weighted by Crippen LogP contribution is -2.28. The summed E-state index contributed by atoms with van der Waals surface area (Å²) in [5.74, 6) is 0. The van der Waals surface area contributed by atoms with E-state index < -0.39 is 0 Å². The van der Waals surface area contributed by atoms with E-state index in [1.54, 1.807) is 19.5 Å². The standard InChI is InChI=1S/C9H15N3O2/c1-14-7-3-2-4-11-9(13)12-6-5-10-8-12/h5-6,8H,2-4,7H2,1H3,(H,11,13). The van der Waals surface area contributed by atoms with Crippen LogP contribution in [0.4, 0.5) is 4.79 Å². The molecule has 0 atom stereocenters. The molecule has 0 bridgehead atoms. The summed E-state index contributed by atoms with van der Waals surface area (Å²) in [6.45, 7) is 1.40. The van der Waals surface area contributed by atoms with E-state index in [1.807, 2.05) is 0 Å². The number of carbonyl (C=O) groups is 1. The van der Waals surface area contributed by atoms with Crippen molar-refractivity contribution >= 4 is 6.03 Å². The van der Waals surface area contributed by atoms with Crippen LogP contribution < -0.4 is 5.32 Å². The first-order chi connectivity index (χ1) is 6.84. The number of imidazole rings is 1. The number of carbonyl (C=O) groups excluding carboxylic acids is 1. The number of unbranched alkanes of at least 4 members (excludes halogenated alkanes) is 1. The number of hydrogen-bond acceptors (Lipinski definition) is 3. The summed E-state index contributed by atoms with van der Waals surface area (Å²) in [5.41, 5.74) is 0. The second kappa shape index (κ2) is 6.15. The van der Waals surface area contributed by atoms with Gasteiger partial charge in [0.2, 0.25) is 0 Å². The molecule has 0 fully saturated rings. The van der Waals surface area contributed by atoms with Crippen molar-refractivity contribution in [2.24, 2.45) is 0 Å². The first-order valence-corrected chi connectivity index (χ1v) is 4.59. The molecule has 0 aliphatic heterocycles. The molecule has 1 rings (SSSR count). The van der Waals surface area contributed by atoms with Crippen molar-refractivity contribution in [3.05, 3.63) is 18.7 Å². The maximum Gasteiger partial charge on any atom is 0.326 e. The zero-order valence-corrected chi connectivity index (χ0v) is 8.27. The summed E-state index contributed by atoms with van der Waals surface area (Å²) in [6, 6.07) is -0.139. The largest absolute Gasteiger partial charge is 0.385 e. The molecule has 1 aromatic heterocycles. The van der Waals surface area contributed by atoms with E-state index in [2.05, 4.69) is 10.3 Å². The Morgan fingerprint density at radius 2 is 2.43 bits per heavy atom. The first kappa shape index (κ1) is 10.7. The Morgan fingerprint density at radius 3 is 3.07 bits per heavy atom. The van der Waals surface area contributed by atoms with E-state index >= 15 is 0 Å². The number of nitrogens with one attached hydrogen (secondary N) is 1. The van der Waals surface area contributed by atoms with Gasteiger partial charge in [-0.25, -0.2) is 9.78 Å². The van der Waals surface area contributed by atoms with Crippen molar-refractivity contribution in [1.29, 1.82) is 0 Å². The van der Waals surface area contributed by atoms with Crippen LogP contribution in [0, 0.1) is 0 Å². The van der Waals surface area contributed by atoms with Crippen LogP contribution in [-0.2, 0) is 4.74 Å². The highest BCUT2D eigenvalue weighted by atomic mass is 16.5. The third-order valence-electron chi connectivity index (χ3n) is 1.79. The summed E-state index contributed by atoms with van der Waals surface area (Å²) in [7, 11) is 1.67. The van der Waals surface area contributed by atoms with Gasteiger partial charge in [0.05, 0.1) is 0 Å². The van der Waals surface area contributed by atoms with Gasteiger partial charge in [-0.05, 0) is 12.8 Å². The fraction of sp³-hybridized carbons (Fsp3) is 0.556. The molecule has 1 heterocycles. The molecule has 1 amide bonds. The Bertz CT molecular complexity index is 259. The van der Waals surface area contributed by atoms with E-state index in [1.165, 1.54) is 10.9 Å². The van der Waals surface area contributed by atoms with Gasteiger partial charge in [-0.1, -0.05) is 0 Å². The third-order valence-corrected chi connectivity index (χ3v) is 1.79. The third kappa shape index (κ3) is 3.57. The van der Waals surface area contributed by atoms with Crippen molar-refractivity contribution in [2.75, 3.05) is 20.3 Å². The maximum atomic E-state index is 11.3. The van der Waals surface area contributed by atoms with Gasteiger partial charge >= 0.3 is 6.03 Å². The molecule has 0 unspecified atom stereocenters. The fourth-order valence-electron chi connectivity index (χ4n) is 1.04. The lowest BCUT2D eigenvalue weighted by atomic mass is 10.3. The fourth-order valence-corrected chi connectivity index (χ4v) is 1.04. The molecule has 5 heteroatoms. The molecule has 1 N–H and O–H groups in total. The van der Waals surface area contributed by atoms with Crippen molar-refractivity contribution in [3.63, 3.8) is 0 Å². The second-order valence-corrected chi connectivity index (χ2v) is 2.90. The van der Waals surface area contributed by atoms with Gasteiger partial charge in [0.15, 0.2) is 0 Å². The monoisotopic (exact) mass is 197 g/mol. The smallest absolute Gasteiger partial charge is 0.326 e. The highest BCUT2D eigenvalue weighted by Gasteiger charge is 2.00. The van der Waals surface area contributed by atoms with Crippen molar-refractivity contribution < 1.29 is 9.53 Å². The van der Waals surface area contributed by atoms with Gasteiger partial charge in [-0.2, -0.15) is 0 Å². The normalized spacial score (nSPS) is 10.1. The Balaban J connectivity index is 2.10. The Kier molecular flexibility index (Phi) is 4.71. The molecule has 0 radical (unpaired) electrons. The van der Waals surface area contributed by atoms with E-state index in [9.17, 15) is 4.79 Å². The van der Waals surface area contributed by atoms with Gasteiger partial charge in [0.25, 0.3) is 0 Å². The van der Waals surface area contributed by atoms with Gasteiger partial charge < -0.3 is 10.1 Å². The summed E-state index contributed by atoms with van der Waals surface area (Å²) in [6.07, 6.45) is 6.55. The quantitative estimate of drug-likeness (QED) is 0.712. The Labute approximate surface area is 83.1 Å². The van der Waals surface area contributed by atoms with Crippen LogP contribution in [0.15, 0.2) is 18.7 Å². The van der Waals surface area contributed by atoms with Crippen LogP contribution in [-0.4, -0.2) is 35.8 Å². The number of nitrogens with zero attached hydrogens (tertiary/aromatic N) is 2. The molecular formula is C9H15N3O2. The molecule has 0 aliphatic rings. The number of methoxy groups -OCH3 is 1. The Morgan fingerprint density at radius 1 is 1.57 bits per heavy atom. The maximum absolute atomic E-state index is 11.3. The molecule has 0 saturated carbocycles. The van der Waals surface area contributed by atoms with Crippen LogP contribution in [0.5, 0.6) is 0 Å². The summed E-state index contributed by atoms with van der Waals surface area (Å²) in [5, 5.41) is 2.77. The molecule has 1 aromatic rings. The van der Waals surface area contributed by atoms with Crippen LogP contribution in [0.2, 0.25) is 0 Å². The van der Waals surface area contributed by atoms with Crippen molar-refractivity contribution in [1.82, 2.24) is 14.9 Å². The van der Waals surface area contributed by atoms with Gasteiger partial charge in [0, 0.05) is 32.7 Å². The number of aromatic nitrogens is 2. The second-order valence-electron chi connectivity index (χ2n) is 2.90. The molecule has 78 valence electrons. The SMILES string of the molecule is COCCCCNC(=O)n1ccnc1. The average Bonchev–Trinajstić information content (AvgIpc) is 2.70. The first-order valence-electron chi connectivity index (χ1n) is 4.59. The molecule has 0 spiro atoms. The average molecular weight is 197 g/mol. The predicted octanol–water partition coefficient (Wildman–Crippen LogP) is 0.867. The van der Waals surface area contributed by atoms with Crippen LogP contribution >= 0.6 is 0 Å². The number of rotatable bonds is 5. The topological polar surface area (TPSA) is 56.1 Å². The highest BCUT2D eigenvalue weighted by molar-refractivity contribution is 5.76. The van der Waals surface area contributed by atoms with Gasteiger partial charge in [0.1, 0.15) is 6.33 Å². The zero-order chi connectivity index (χ0) is 10.2. The highest BCUT2D eigenvalue weighted by Crippen LogP contribution is 1.89. The molecule has 5 nitrogen and oxygen atoms in total. The Hall–Kier alpha value is -1.36. The van der Waals surface area contributed by atoms with E-state index in [0.29, 0.717) is 6.54 Å². The zero-order valence-electron chi connectivity index (χ0n) is 8.27. The number of ether oxygens (including phenoxy) is 1. The molecule has 0 saturated heterocycles. The van der Waals surface area contributed by atoms with Crippen molar-refractivity contribution in [2.45, 2.75) is 12.8 Å². The summed E-state index contributed by atoms with van der Waals surface area (Å²) < 4.78 is 6.31. The minimum absolute atomic E-state index is 0.139. The van der Waals surface area contributed by atoms with Gasteiger partial charge in [-0.3, -0.25) is 4.57 Å². The minimum Gasteiger partial charge on any atom is -0.385 e. The lowest BCUT2D eigenvalue weighted by Gasteiger charge is -2.04. The molecule has 0 aromatic carbocycles.